The van der Waals surface area contributed by atoms with E-state index in [0.717, 1.165) is 38.5 Å². The Balaban J connectivity index is -0.00000123. The molecule has 246 valence electrons. The molecule has 0 rings (SSSR count). The van der Waals surface area contributed by atoms with Crippen molar-refractivity contribution in [2.45, 2.75) is 168 Å². The van der Waals surface area contributed by atoms with Gasteiger partial charge in [0.05, 0.1) is 13.2 Å². The number of hydrogen-bond acceptors (Lipinski definition) is 7. The van der Waals surface area contributed by atoms with Crippen LogP contribution in [0.5, 0.6) is 0 Å². The van der Waals surface area contributed by atoms with Crippen molar-refractivity contribution in [3.8, 4) is 0 Å². The van der Waals surface area contributed by atoms with Gasteiger partial charge in [-0.25, -0.2) is 0 Å². The quantitative estimate of drug-likeness (QED) is 0.0645. The number of ether oxygens (including phenoxy) is 2. The highest BCUT2D eigenvalue weighted by Gasteiger charge is 2.05. The summed E-state index contributed by atoms with van der Waals surface area (Å²) in [4.78, 5) is 32.7. The summed E-state index contributed by atoms with van der Waals surface area (Å²) in [6, 6.07) is 0. The summed E-state index contributed by atoms with van der Waals surface area (Å²) in [5.41, 5.74) is 0. The van der Waals surface area contributed by atoms with E-state index in [0.29, 0.717) is 19.3 Å². The molecule has 41 heavy (non-hydrogen) atoms. The number of carboxylic acid groups (broad SMARTS) is 1. The van der Waals surface area contributed by atoms with E-state index in [4.69, 9.17) is 24.8 Å². The van der Waals surface area contributed by atoms with Crippen molar-refractivity contribution in [2.24, 2.45) is 0 Å². The van der Waals surface area contributed by atoms with Crippen LogP contribution in [-0.2, 0) is 23.9 Å². The maximum absolute atomic E-state index is 11.7. The number of carbonyl (C=O) groups excluding carboxylic acids is 2. The number of carbonyl (C=O) groups is 3. The first-order chi connectivity index (χ1) is 19.9. The zero-order chi connectivity index (χ0) is 31.2. The van der Waals surface area contributed by atoms with Crippen LogP contribution in [0.1, 0.15) is 168 Å². The highest BCUT2D eigenvalue weighted by Crippen LogP contribution is 2.14. The maximum Gasteiger partial charge on any atom is 0.305 e. The third kappa shape index (κ3) is 48.4. The largest absolute Gasteiger partial charge is 0.481 e. The summed E-state index contributed by atoms with van der Waals surface area (Å²) in [7, 11) is 0. The van der Waals surface area contributed by atoms with Crippen LogP contribution < -0.4 is 0 Å². The lowest BCUT2D eigenvalue weighted by Crippen LogP contribution is -2.13. The zero-order valence-electron chi connectivity index (χ0n) is 27.0. The van der Waals surface area contributed by atoms with Crippen LogP contribution in [0.3, 0.4) is 0 Å². The van der Waals surface area contributed by atoms with E-state index in [1.54, 1.807) is 0 Å². The molecule has 0 saturated carbocycles. The minimum absolute atomic E-state index is 0.125. The SMILES string of the molecule is CCCC(=O)O.CCCCCCCCCCCCCCCCCCC(=O)OCCOC(=O)CCCCC.OCCO. The number of rotatable bonds is 27. The Labute approximate surface area is 252 Å². The average molecular weight is 591 g/mol. The average Bonchev–Trinajstić information content (AvgIpc) is 2.95. The first-order valence-electron chi connectivity index (χ1n) is 16.6. The molecule has 0 aromatic carbocycles. The molecule has 0 aromatic heterocycles. The Bertz CT molecular complexity index is 537. The van der Waals surface area contributed by atoms with Crippen molar-refractivity contribution < 1.29 is 39.2 Å². The van der Waals surface area contributed by atoms with Crippen LogP contribution in [0.4, 0.5) is 0 Å². The molecule has 0 aliphatic carbocycles. The smallest absolute Gasteiger partial charge is 0.305 e. The minimum Gasteiger partial charge on any atom is -0.481 e. The molecular formula is C33H66O8. The lowest BCUT2D eigenvalue weighted by molar-refractivity contribution is -0.152. The lowest BCUT2D eigenvalue weighted by Gasteiger charge is -2.06. The summed E-state index contributed by atoms with van der Waals surface area (Å²) in [5, 5.41) is 23.2. The topological polar surface area (TPSA) is 130 Å². The molecule has 0 aliphatic heterocycles. The summed E-state index contributed by atoms with van der Waals surface area (Å²) in [6.07, 6.45) is 26.2. The Kier molecular flexibility index (Phi) is 43.2. The summed E-state index contributed by atoms with van der Waals surface area (Å²) >= 11 is 0. The maximum atomic E-state index is 11.7. The van der Waals surface area contributed by atoms with E-state index in [1.807, 2.05) is 6.92 Å². The summed E-state index contributed by atoms with van der Waals surface area (Å²) in [6.45, 7) is 6.32. The molecule has 0 unspecified atom stereocenters. The predicted octanol–water partition coefficient (Wildman–Crippen LogP) is 8.15. The molecule has 3 N–H and O–H groups in total. The van der Waals surface area contributed by atoms with Gasteiger partial charge in [-0.2, -0.15) is 0 Å². The Morgan fingerprint density at radius 3 is 1.00 bits per heavy atom. The molecule has 8 heteroatoms. The van der Waals surface area contributed by atoms with Crippen molar-refractivity contribution in [3.05, 3.63) is 0 Å². The number of esters is 2. The van der Waals surface area contributed by atoms with E-state index >= 15 is 0 Å². The molecule has 8 nitrogen and oxygen atoms in total. The van der Waals surface area contributed by atoms with Crippen LogP contribution in [-0.4, -0.2) is 59.7 Å². The van der Waals surface area contributed by atoms with Gasteiger partial charge in [-0.1, -0.05) is 130 Å². The van der Waals surface area contributed by atoms with Gasteiger partial charge in [0.2, 0.25) is 0 Å². The van der Waals surface area contributed by atoms with Crippen LogP contribution >= 0.6 is 0 Å². The predicted molar refractivity (Wildman–Crippen MR) is 167 cm³/mol. The molecule has 0 radical (unpaired) electrons. The molecule has 0 aromatic rings. The number of aliphatic hydroxyl groups is 2. The fourth-order valence-electron chi connectivity index (χ4n) is 4.01. The molecule has 0 aliphatic rings. The number of aliphatic carboxylic acids is 1. The Hall–Kier alpha value is -1.67. The molecule has 0 spiro atoms. The molecule has 0 saturated heterocycles. The van der Waals surface area contributed by atoms with Gasteiger partial charge in [-0.05, 0) is 19.3 Å². The van der Waals surface area contributed by atoms with E-state index in [9.17, 15) is 14.4 Å². The third-order valence-electron chi connectivity index (χ3n) is 6.39. The van der Waals surface area contributed by atoms with Crippen molar-refractivity contribution >= 4 is 17.9 Å². The van der Waals surface area contributed by atoms with Crippen LogP contribution in [0, 0.1) is 0 Å². The zero-order valence-corrected chi connectivity index (χ0v) is 27.0. The van der Waals surface area contributed by atoms with Crippen LogP contribution in [0.25, 0.3) is 0 Å². The monoisotopic (exact) mass is 590 g/mol. The summed E-state index contributed by atoms with van der Waals surface area (Å²) in [5.74, 6) is -1.08. The van der Waals surface area contributed by atoms with E-state index in [1.165, 1.54) is 89.9 Å². The second-order valence-electron chi connectivity index (χ2n) is 10.5. The molecular weight excluding hydrogens is 524 g/mol. The minimum atomic E-state index is -0.711. The lowest BCUT2D eigenvalue weighted by atomic mass is 10.0. The van der Waals surface area contributed by atoms with Crippen molar-refractivity contribution in [3.63, 3.8) is 0 Å². The number of aliphatic hydroxyl groups excluding tert-OH is 2. The summed E-state index contributed by atoms with van der Waals surface area (Å²) < 4.78 is 10.2. The first kappa shape index (κ1) is 43.8. The second kappa shape index (κ2) is 40.5. The molecule has 0 atom stereocenters. The highest BCUT2D eigenvalue weighted by molar-refractivity contribution is 5.70. The van der Waals surface area contributed by atoms with Crippen molar-refractivity contribution in [2.75, 3.05) is 26.4 Å². The van der Waals surface area contributed by atoms with Gasteiger partial charge in [0.25, 0.3) is 0 Å². The molecule has 0 fully saturated rings. The van der Waals surface area contributed by atoms with Gasteiger partial charge in [-0.3, -0.25) is 14.4 Å². The third-order valence-corrected chi connectivity index (χ3v) is 6.39. The van der Waals surface area contributed by atoms with Gasteiger partial charge in [0.1, 0.15) is 13.2 Å². The van der Waals surface area contributed by atoms with E-state index in [2.05, 4.69) is 13.8 Å². The van der Waals surface area contributed by atoms with Gasteiger partial charge in [0, 0.05) is 19.3 Å². The van der Waals surface area contributed by atoms with E-state index in [-0.39, 0.29) is 38.4 Å². The van der Waals surface area contributed by atoms with Crippen LogP contribution in [0.2, 0.25) is 0 Å². The number of carboxylic acids is 1. The Morgan fingerprint density at radius 2 is 0.732 bits per heavy atom. The second-order valence-corrected chi connectivity index (χ2v) is 10.5. The van der Waals surface area contributed by atoms with Gasteiger partial charge in [-0.15, -0.1) is 0 Å². The van der Waals surface area contributed by atoms with Gasteiger partial charge >= 0.3 is 17.9 Å². The standard InChI is InChI=1S/C27H52O4.C4H8O2.C2H6O2/c1-3-5-7-8-9-10-11-12-13-14-15-16-17-18-19-21-23-27(29)31-25-24-30-26(28)22-20-6-4-2;1-2-3-4(5)6;3-1-2-4/h3-25H2,1-2H3;2-3H2,1H3,(H,5,6);3-4H,1-2H2. The molecule has 0 bridgehead atoms. The fraction of sp³-hybridized carbons (Fsp3) is 0.909. The molecule has 0 heterocycles. The van der Waals surface area contributed by atoms with E-state index < -0.39 is 5.97 Å². The normalized spacial score (nSPS) is 10.2. The number of unbranched alkanes of at least 4 members (excludes halogenated alkanes) is 17. The van der Waals surface area contributed by atoms with Crippen molar-refractivity contribution in [1.82, 2.24) is 0 Å². The fourth-order valence-corrected chi connectivity index (χ4v) is 4.01. The first-order valence-corrected chi connectivity index (χ1v) is 16.6. The molecule has 0 amide bonds. The van der Waals surface area contributed by atoms with Gasteiger partial charge < -0.3 is 24.8 Å². The Morgan fingerprint density at radius 1 is 0.439 bits per heavy atom. The highest BCUT2D eigenvalue weighted by atomic mass is 16.6. The van der Waals surface area contributed by atoms with Gasteiger partial charge in [0.15, 0.2) is 0 Å². The van der Waals surface area contributed by atoms with Crippen molar-refractivity contribution in [1.29, 1.82) is 0 Å². The number of hydrogen-bond donors (Lipinski definition) is 3. The van der Waals surface area contributed by atoms with Crippen LogP contribution in [0.15, 0.2) is 0 Å².